The minimum absolute atomic E-state index is 0.0817. The van der Waals surface area contributed by atoms with Gasteiger partial charge in [0, 0.05) is 17.1 Å². The van der Waals surface area contributed by atoms with E-state index in [1.807, 2.05) is 54.6 Å². The van der Waals surface area contributed by atoms with Gasteiger partial charge in [-0.05, 0) is 53.9 Å². The van der Waals surface area contributed by atoms with Crippen LogP contribution < -0.4 is 4.74 Å². The molecular weight excluding hydrogens is 426 g/mol. The first-order valence-electron chi connectivity index (χ1n) is 10.2. The number of benzene rings is 3. The fourth-order valence-electron chi connectivity index (χ4n) is 3.90. The van der Waals surface area contributed by atoms with E-state index in [9.17, 15) is 14.7 Å². The molecule has 1 atom stereocenters. The first kappa shape index (κ1) is 21.7. The van der Waals surface area contributed by atoms with Crippen molar-refractivity contribution in [2.45, 2.75) is 12.5 Å². The maximum absolute atomic E-state index is 13.0. The van der Waals surface area contributed by atoms with Gasteiger partial charge in [-0.3, -0.25) is 9.59 Å². The molecule has 0 bridgehead atoms. The fraction of sp³-hybridized carbons (Fsp3) is 0.154. The number of ether oxygens (including phenoxy) is 1. The lowest BCUT2D eigenvalue weighted by molar-refractivity contribution is -0.139. The van der Waals surface area contributed by atoms with E-state index in [-0.39, 0.29) is 11.3 Å². The van der Waals surface area contributed by atoms with Gasteiger partial charge in [-0.1, -0.05) is 54.1 Å². The van der Waals surface area contributed by atoms with Crippen molar-refractivity contribution in [1.82, 2.24) is 4.90 Å². The van der Waals surface area contributed by atoms with Crippen molar-refractivity contribution < 1.29 is 19.4 Å². The number of likely N-dealkylation sites (tertiary alicyclic amines) is 1. The maximum atomic E-state index is 13.0. The number of methoxy groups -OCH3 is 1. The molecule has 0 radical (unpaired) electrons. The van der Waals surface area contributed by atoms with Crippen molar-refractivity contribution in [1.29, 1.82) is 0 Å². The second-order valence-corrected chi connectivity index (χ2v) is 7.94. The van der Waals surface area contributed by atoms with Gasteiger partial charge in [-0.15, -0.1) is 0 Å². The van der Waals surface area contributed by atoms with E-state index in [1.165, 1.54) is 4.90 Å². The maximum Gasteiger partial charge on any atom is 0.295 e. The van der Waals surface area contributed by atoms with Gasteiger partial charge in [0.05, 0.1) is 18.7 Å². The molecule has 1 fully saturated rings. The molecular formula is C26H22ClNO4. The summed E-state index contributed by atoms with van der Waals surface area (Å²) in [7, 11) is 1.61. The van der Waals surface area contributed by atoms with E-state index in [0.29, 0.717) is 23.6 Å². The van der Waals surface area contributed by atoms with Gasteiger partial charge in [0.15, 0.2) is 0 Å². The van der Waals surface area contributed by atoms with Gasteiger partial charge in [-0.25, -0.2) is 0 Å². The lowest BCUT2D eigenvalue weighted by Crippen LogP contribution is -2.31. The number of nitrogens with zero attached hydrogens (tertiary/aromatic N) is 1. The van der Waals surface area contributed by atoms with Crippen molar-refractivity contribution in [3.05, 3.63) is 106 Å². The number of aliphatic hydroxyl groups is 1. The number of ketones is 1. The van der Waals surface area contributed by atoms with Crippen LogP contribution in [0.2, 0.25) is 5.02 Å². The van der Waals surface area contributed by atoms with Crippen molar-refractivity contribution in [2.75, 3.05) is 13.7 Å². The lowest BCUT2D eigenvalue weighted by atomic mass is 9.95. The predicted octanol–water partition coefficient (Wildman–Crippen LogP) is 5.01. The topological polar surface area (TPSA) is 66.8 Å². The molecule has 1 N–H and O–H groups in total. The number of carbonyl (C=O) groups is 2. The Morgan fingerprint density at radius 3 is 2.25 bits per heavy atom. The quantitative estimate of drug-likeness (QED) is 0.327. The van der Waals surface area contributed by atoms with E-state index in [0.717, 1.165) is 16.9 Å². The van der Waals surface area contributed by atoms with E-state index < -0.39 is 17.7 Å². The minimum Gasteiger partial charge on any atom is -0.507 e. The number of amides is 1. The molecule has 1 amide bonds. The lowest BCUT2D eigenvalue weighted by Gasteiger charge is -2.25. The molecule has 1 heterocycles. The molecule has 5 nitrogen and oxygen atoms in total. The highest BCUT2D eigenvalue weighted by Crippen LogP contribution is 2.39. The zero-order chi connectivity index (χ0) is 22.7. The van der Waals surface area contributed by atoms with Crippen molar-refractivity contribution >= 4 is 29.1 Å². The normalized spacial score (nSPS) is 17.6. The zero-order valence-corrected chi connectivity index (χ0v) is 18.3. The molecule has 1 aliphatic rings. The van der Waals surface area contributed by atoms with Crippen LogP contribution in [0.25, 0.3) is 5.76 Å². The third-order valence-electron chi connectivity index (χ3n) is 5.57. The van der Waals surface area contributed by atoms with Crippen molar-refractivity contribution in [3.63, 3.8) is 0 Å². The largest absolute Gasteiger partial charge is 0.507 e. The molecule has 32 heavy (non-hydrogen) atoms. The minimum atomic E-state index is -0.693. The second-order valence-electron chi connectivity index (χ2n) is 7.51. The Morgan fingerprint density at radius 1 is 0.969 bits per heavy atom. The number of Topliss-reactive ketones (excluding diaryl/α,β-unsaturated/α-hetero) is 1. The van der Waals surface area contributed by atoms with Crippen LogP contribution in [0.4, 0.5) is 0 Å². The number of aliphatic hydroxyl groups excluding tert-OH is 1. The summed E-state index contributed by atoms with van der Waals surface area (Å²) in [6.45, 7) is 0.327. The van der Waals surface area contributed by atoms with Gasteiger partial charge in [-0.2, -0.15) is 0 Å². The zero-order valence-electron chi connectivity index (χ0n) is 17.5. The van der Waals surface area contributed by atoms with Gasteiger partial charge < -0.3 is 14.7 Å². The Balaban J connectivity index is 1.72. The number of halogens is 1. The molecule has 0 aromatic heterocycles. The second kappa shape index (κ2) is 9.28. The molecule has 0 aliphatic carbocycles. The number of rotatable bonds is 6. The smallest absolute Gasteiger partial charge is 0.295 e. The Morgan fingerprint density at radius 2 is 1.62 bits per heavy atom. The van der Waals surface area contributed by atoms with Gasteiger partial charge in [0.1, 0.15) is 11.5 Å². The monoisotopic (exact) mass is 447 g/mol. The SMILES string of the molecule is COc1ccc(CCN2C(=O)C(=O)/C(=C(\O)c3ccc(Cl)cc3)C2c2ccccc2)cc1. The third kappa shape index (κ3) is 4.25. The highest BCUT2D eigenvalue weighted by Gasteiger charge is 2.45. The van der Waals surface area contributed by atoms with Gasteiger partial charge >= 0.3 is 0 Å². The van der Waals surface area contributed by atoms with E-state index in [2.05, 4.69) is 0 Å². The molecule has 1 saturated heterocycles. The standard InChI is InChI=1S/C26H22ClNO4/c1-32-21-13-7-17(8-14-21)15-16-28-23(18-5-3-2-4-6-18)22(25(30)26(28)31)24(29)19-9-11-20(27)12-10-19/h2-14,23,29H,15-16H2,1H3/b24-22-. The summed E-state index contributed by atoms with van der Waals surface area (Å²) in [5, 5.41) is 11.5. The van der Waals surface area contributed by atoms with Crippen LogP contribution in [0.15, 0.2) is 84.4 Å². The Bertz CT molecular complexity index is 1150. The molecule has 4 rings (SSSR count). The van der Waals surface area contributed by atoms with Gasteiger partial charge in [0.2, 0.25) is 0 Å². The van der Waals surface area contributed by atoms with Gasteiger partial charge in [0.25, 0.3) is 11.7 Å². The number of carbonyl (C=O) groups excluding carboxylic acids is 2. The van der Waals surface area contributed by atoms with E-state index in [1.54, 1.807) is 31.4 Å². The summed E-state index contributed by atoms with van der Waals surface area (Å²) in [6, 6.07) is 22.7. The van der Waals surface area contributed by atoms with E-state index >= 15 is 0 Å². The molecule has 6 heteroatoms. The molecule has 0 spiro atoms. The Hall–Kier alpha value is -3.57. The average molecular weight is 448 g/mol. The van der Waals surface area contributed by atoms with Crippen LogP contribution in [-0.2, 0) is 16.0 Å². The highest BCUT2D eigenvalue weighted by molar-refractivity contribution is 6.46. The molecule has 0 saturated carbocycles. The fourth-order valence-corrected chi connectivity index (χ4v) is 4.02. The summed E-state index contributed by atoms with van der Waals surface area (Å²) in [5.74, 6) is -0.772. The molecule has 3 aromatic rings. The third-order valence-corrected chi connectivity index (χ3v) is 5.83. The first-order chi connectivity index (χ1) is 15.5. The Labute approximate surface area is 191 Å². The van der Waals surface area contributed by atoms with Crippen LogP contribution in [0.1, 0.15) is 22.7 Å². The predicted molar refractivity (Wildman–Crippen MR) is 124 cm³/mol. The first-order valence-corrected chi connectivity index (χ1v) is 10.6. The number of hydrogen-bond acceptors (Lipinski definition) is 4. The van der Waals surface area contributed by atoms with Crippen LogP contribution in [0, 0.1) is 0 Å². The molecule has 162 valence electrons. The Kier molecular flexibility index (Phi) is 6.28. The summed E-state index contributed by atoms with van der Waals surface area (Å²) in [5.41, 5.74) is 2.29. The summed E-state index contributed by atoms with van der Waals surface area (Å²) in [4.78, 5) is 27.6. The average Bonchev–Trinajstić information content (AvgIpc) is 3.08. The van der Waals surface area contributed by atoms with E-state index in [4.69, 9.17) is 16.3 Å². The van der Waals surface area contributed by atoms with Crippen LogP contribution >= 0.6 is 11.6 Å². The van der Waals surface area contributed by atoms with Crippen molar-refractivity contribution in [3.8, 4) is 5.75 Å². The van der Waals surface area contributed by atoms with Crippen LogP contribution in [0.3, 0.4) is 0 Å². The molecule has 3 aromatic carbocycles. The summed E-state index contributed by atoms with van der Waals surface area (Å²) >= 11 is 5.96. The summed E-state index contributed by atoms with van der Waals surface area (Å²) < 4.78 is 5.19. The van der Waals surface area contributed by atoms with Crippen LogP contribution in [-0.4, -0.2) is 35.4 Å². The summed E-state index contributed by atoms with van der Waals surface area (Å²) in [6.07, 6.45) is 0.557. The number of hydrogen-bond donors (Lipinski definition) is 1. The highest BCUT2D eigenvalue weighted by atomic mass is 35.5. The molecule has 1 aliphatic heterocycles. The van der Waals surface area contributed by atoms with Crippen molar-refractivity contribution in [2.24, 2.45) is 0 Å². The molecule has 1 unspecified atom stereocenters. The van der Waals surface area contributed by atoms with Crippen LogP contribution in [0.5, 0.6) is 5.75 Å².